The maximum Gasteiger partial charge on any atom is 0.273 e. The van der Waals surface area contributed by atoms with Gasteiger partial charge in [0.25, 0.3) is 5.91 Å². The van der Waals surface area contributed by atoms with Crippen molar-refractivity contribution in [2.45, 2.75) is 0 Å². The van der Waals surface area contributed by atoms with Gasteiger partial charge in [-0.25, -0.2) is 4.98 Å². The number of hydrogen-bond acceptors (Lipinski definition) is 4. The standard InChI is InChI=1S/C13H16N4OS/c1-15-6-8-16(9-7-15)12(18)11-10-19-13(14-11)17-4-2-3-5-17/h2-5,10H,6-9H2,1H3. The monoisotopic (exact) mass is 276 g/mol. The molecule has 3 rings (SSSR count). The third-order valence-electron chi connectivity index (χ3n) is 3.33. The van der Waals surface area contributed by atoms with E-state index in [2.05, 4.69) is 16.9 Å². The number of carbonyl (C=O) groups excluding carboxylic acids is 1. The third kappa shape index (κ3) is 2.54. The molecule has 3 heterocycles. The molecule has 0 aromatic carbocycles. The normalized spacial score (nSPS) is 16.8. The summed E-state index contributed by atoms with van der Waals surface area (Å²) in [5.41, 5.74) is 0.554. The molecular weight excluding hydrogens is 260 g/mol. The number of likely N-dealkylation sites (N-methyl/N-ethyl adjacent to an activating group) is 1. The molecule has 2 aromatic heterocycles. The highest BCUT2D eigenvalue weighted by Crippen LogP contribution is 2.17. The number of rotatable bonds is 2. The minimum Gasteiger partial charge on any atom is -0.335 e. The third-order valence-corrected chi connectivity index (χ3v) is 4.18. The van der Waals surface area contributed by atoms with E-state index in [0.717, 1.165) is 31.3 Å². The molecule has 1 aliphatic heterocycles. The fourth-order valence-electron chi connectivity index (χ4n) is 2.11. The van der Waals surface area contributed by atoms with Crippen LogP contribution in [0.5, 0.6) is 0 Å². The number of carbonyl (C=O) groups is 1. The highest BCUT2D eigenvalue weighted by Gasteiger charge is 2.22. The van der Waals surface area contributed by atoms with Gasteiger partial charge in [-0.05, 0) is 19.2 Å². The Morgan fingerprint density at radius 3 is 2.58 bits per heavy atom. The van der Waals surface area contributed by atoms with Crippen molar-refractivity contribution in [1.29, 1.82) is 0 Å². The number of aromatic nitrogens is 2. The van der Waals surface area contributed by atoms with Crippen molar-refractivity contribution in [2.75, 3.05) is 33.2 Å². The Bertz CT molecular complexity index is 555. The van der Waals surface area contributed by atoms with Gasteiger partial charge in [0.2, 0.25) is 0 Å². The van der Waals surface area contributed by atoms with Gasteiger partial charge >= 0.3 is 0 Å². The zero-order valence-corrected chi connectivity index (χ0v) is 11.6. The van der Waals surface area contributed by atoms with Crippen molar-refractivity contribution >= 4 is 17.2 Å². The fraction of sp³-hybridized carbons (Fsp3) is 0.385. The first-order valence-electron chi connectivity index (χ1n) is 6.31. The molecule has 100 valence electrons. The lowest BCUT2D eigenvalue weighted by molar-refractivity contribution is 0.0659. The van der Waals surface area contributed by atoms with E-state index in [-0.39, 0.29) is 5.91 Å². The zero-order chi connectivity index (χ0) is 13.2. The summed E-state index contributed by atoms with van der Waals surface area (Å²) in [6, 6.07) is 3.90. The van der Waals surface area contributed by atoms with Crippen molar-refractivity contribution < 1.29 is 4.79 Å². The summed E-state index contributed by atoms with van der Waals surface area (Å²) in [5.74, 6) is 0.0442. The average molecular weight is 276 g/mol. The fourth-order valence-corrected chi connectivity index (χ4v) is 2.88. The largest absolute Gasteiger partial charge is 0.335 e. The predicted molar refractivity (Wildman–Crippen MR) is 74.8 cm³/mol. The lowest BCUT2D eigenvalue weighted by Gasteiger charge is -2.31. The second-order valence-electron chi connectivity index (χ2n) is 4.70. The molecule has 5 nitrogen and oxygen atoms in total. The van der Waals surface area contributed by atoms with Gasteiger partial charge in [-0.3, -0.25) is 4.79 Å². The van der Waals surface area contributed by atoms with Crippen molar-refractivity contribution in [1.82, 2.24) is 19.4 Å². The molecule has 0 atom stereocenters. The molecule has 6 heteroatoms. The molecule has 1 fully saturated rings. The maximum absolute atomic E-state index is 12.3. The van der Waals surface area contributed by atoms with Crippen LogP contribution < -0.4 is 0 Å². The molecule has 0 unspecified atom stereocenters. The van der Waals surface area contributed by atoms with Gasteiger partial charge in [-0.1, -0.05) is 0 Å². The van der Waals surface area contributed by atoms with E-state index in [1.165, 1.54) is 11.3 Å². The lowest BCUT2D eigenvalue weighted by Crippen LogP contribution is -2.47. The average Bonchev–Trinajstić information content (AvgIpc) is 3.10. The quantitative estimate of drug-likeness (QED) is 0.831. The van der Waals surface area contributed by atoms with Crippen LogP contribution in [0, 0.1) is 0 Å². The molecule has 19 heavy (non-hydrogen) atoms. The van der Waals surface area contributed by atoms with Gasteiger partial charge < -0.3 is 14.4 Å². The van der Waals surface area contributed by atoms with Crippen LogP contribution in [-0.2, 0) is 0 Å². The molecule has 1 amide bonds. The van der Waals surface area contributed by atoms with Crippen LogP contribution in [0.3, 0.4) is 0 Å². The number of amides is 1. The van der Waals surface area contributed by atoms with E-state index in [1.807, 2.05) is 39.4 Å². The minimum atomic E-state index is 0.0442. The lowest BCUT2D eigenvalue weighted by atomic mass is 10.3. The Balaban J connectivity index is 1.74. The van der Waals surface area contributed by atoms with Crippen molar-refractivity contribution in [3.63, 3.8) is 0 Å². The van der Waals surface area contributed by atoms with Gasteiger partial charge in [0, 0.05) is 44.0 Å². The topological polar surface area (TPSA) is 41.4 Å². The Hall–Kier alpha value is -1.66. The first kappa shape index (κ1) is 12.4. The Morgan fingerprint density at radius 2 is 1.89 bits per heavy atom. The Morgan fingerprint density at radius 1 is 1.21 bits per heavy atom. The minimum absolute atomic E-state index is 0.0442. The highest BCUT2D eigenvalue weighted by atomic mass is 32.1. The first-order valence-corrected chi connectivity index (χ1v) is 7.19. The SMILES string of the molecule is CN1CCN(C(=O)c2csc(-n3cccc3)n2)CC1. The summed E-state index contributed by atoms with van der Waals surface area (Å²) in [6.45, 7) is 3.43. The van der Waals surface area contributed by atoms with Crippen molar-refractivity contribution in [3.8, 4) is 5.13 Å². The maximum atomic E-state index is 12.3. The van der Waals surface area contributed by atoms with Crippen LogP contribution in [0.15, 0.2) is 29.9 Å². The first-order chi connectivity index (χ1) is 9.24. The number of piperazine rings is 1. The molecule has 2 aromatic rings. The molecule has 0 saturated carbocycles. The van der Waals surface area contributed by atoms with Gasteiger partial charge in [-0.15, -0.1) is 11.3 Å². The summed E-state index contributed by atoms with van der Waals surface area (Å²) < 4.78 is 1.92. The second-order valence-corrected chi connectivity index (χ2v) is 5.54. The molecule has 0 radical (unpaired) electrons. The molecule has 1 aliphatic rings. The van der Waals surface area contributed by atoms with Crippen LogP contribution in [0.4, 0.5) is 0 Å². The number of nitrogens with zero attached hydrogens (tertiary/aromatic N) is 4. The predicted octanol–water partition coefficient (Wildman–Crippen LogP) is 1.32. The van der Waals surface area contributed by atoms with Crippen molar-refractivity contribution in [3.05, 3.63) is 35.6 Å². The Kier molecular flexibility index (Phi) is 3.35. The summed E-state index contributed by atoms with van der Waals surface area (Å²) in [4.78, 5) is 20.9. The van der Waals surface area contributed by atoms with E-state index in [9.17, 15) is 4.79 Å². The molecule has 0 aliphatic carbocycles. The second kappa shape index (κ2) is 5.14. The van der Waals surface area contributed by atoms with E-state index in [4.69, 9.17) is 0 Å². The summed E-state index contributed by atoms with van der Waals surface area (Å²) in [5, 5.41) is 2.68. The number of thiazole rings is 1. The van der Waals surface area contributed by atoms with Crippen molar-refractivity contribution in [2.24, 2.45) is 0 Å². The number of hydrogen-bond donors (Lipinski definition) is 0. The summed E-state index contributed by atoms with van der Waals surface area (Å²) in [7, 11) is 2.08. The van der Waals surface area contributed by atoms with Crippen LogP contribution in [0.1, 0.15) is 10.5 Å². The summed E-state index contributed by atoms with van der Waals surface area (Å²) >= 11 is 1.49. The van der Waals surface area contributed by atoms with Crippen LogP contribution >= 0.6 is 11.3 Å². The highest BCUT2D eigenvalue weighted by molar-refractivity contribution is 7.12. The molecular formula is C13H16N4OS. The van der Waals surface area contributed by atoms with Gasteiger partial charge in [-0.2, -0.15) is 0 Å². The van der Waals surface area contributed by atoms with E-state index in [0.29, 0.717) is 5.69 Å². The van der Waals surface area contributed by atoms with Crippen LogP contribution in [0.2, 0.25) is 0 Å². The molecule has 0 spiro atoms. The van der Waals surface area contributed by atoms with E-state index < -0.39 is 0 Å². The van der Waals surface area contributed by atoms with Gasteiger partial charge in [0.05, 0.1) is 0 Å². The van der Waals surface area contributed by atoms with Crippen LogP contribution in [0.25, 0.3) is 5.13 Å². The molecule has 1 saturated heterocycles. The van der Waals surface area contributed by atoms with Gasteiger partial charge in [0.1, 0.15) is 5.69 Å². The summed E-state index contributed by atoms with van der Waals surface area (Å²) in [6.07, 6.45) is 3.87. The van der Waals surface area contributed by atoms with Gasteiger partial charge in [0.15, 0.2) is 5.13 Å². The van der Waals surface area contributed by atoms with Crippen LogP contribution in [-0.4, -0.2) is 58.5 Å². The smallest absolute Gasteiger partial charge is 0.273 e. The van der Waals surface area contributed by atoms with E-state index >= 15 is 0 Å². The zero-order valence-electron chi connectivity index (χ0n) is 10.8. The Labute approximate surface area is 116 Å². The molecule has 0 N–H and O–H groups in total. The van der Waals surface area contributed by atoms with E-state index in [1.54, 1.807) is 0 Å². The molecule has 0 bridgehead atoms.